The van der Waals surface area contributed by atoms with Gasteiger partial charge in [0.05, 0.1) is 0 Å². The average molecular weight is 263 g/mol. The van der Waals surface area contributed by atoms with E-state index in [9.17, 15) is 4.39 Å². The second-order valence-corrected chi connectivity index (χ2v) is 4.37. The molecule has 1 nitrogen and oxygen atoms in total. The van der Waals surface area contributed by atoms with E-state index in [-0.39, 0.29) is 5.82 Å². The van der Waals surface area contributed by atoms with E-state index in [0.29, 0.717) is 11.5 Å². The van der Waals surface area contributed by atoms with E-state index in [1.54, 1.807) is 18.2 Å². The first-order chi connectivity index (χ1) is 9.81. The highest BCUT2D eigenvalue weighted by molar-refractivity contribution is 5.64. The molecule has 0 heterocycles. The average Bonchev–Trinajstić information content (AvgIpc) is 2.48. The predicted octanol–water partition coefficient (Wildman–Crippen LogP) is 5.09. The normalized spacial score (nSPS) is 10.2. The minimum absolute atomic E-state index is 0.318. The molecule has 2 heteroatoms. The largest absolute Gasteiger partial charge is 0.457 e. The van der Waals surface area contributed by atoms with Crippen molar-refractivity contribution < 1.29 is 9.13 Å². The molecule has 0 atom stereocenters. The van der Waals surface area contributed by atoms with Crippen LogP contribution in [0.15, 0.2) is 72.8 Å². The molecule has 0 saturated heterocycles. The Balaban J connectivity index is 1.88. The Labute approximate surface area is 117 Å². The Bertz CT molecular complexity index is 707. The van der Waals surface area contributed by atoms with Gasteiger partial charge in [0.25, 0.3) is 0 Å². The van der Waals surface area contributed by atoms with E-state index in [2.05, 4.69) is 6.07 Å². The van der Waals surface area contributed by atoms with Crippen LogP contribution in [0, 0.1) is 11.9 Å². The fraction of sp³-hybridized carbons (Fsp3) is 0. The van der Waals surface area contributed by atoms with Crippen molar-refractivity contribution in [3.8, 4) is 22.6 Å². The summed E-state index contributed by atoms with van der Waals surface area (Å²) in [5.74, 6) is 0.713. The van der Waals surface area contributed by atoms with E-state index in [0.717, 1.165) is 11.1 Å². The van der Waals surface area contributed by atoms with Gasteiger partial charge in [0.1, 0.15) is 17.3 Å². The molecule has 0 aliphatic carbocycles. The van der Waals surface area contributed by atoms with Crippen molar-refractivity contribution in [2.24, 2.45) is 0 Å². The maximum atomic E-state index is 13.1. The Morgan fingerprint density at radius 3 is 2.45 bits per heavy atom. The molecule has 3 aromatic rings. The zero-order valence-electron chi connectivity index (χ0n) is 10.7. The van der Waals surface area contributed by atoms with Gasteiger partial charge in [0, 0.05) is 12.1 Å². The van der Waals surface area contributed by atoms with Crippen LogP contribution in [0.2, 0.25) is 0 Å². The predicted molar refractivity (Wildman–Crippen MR) is 77.2 cm³/mol. The fourth-order valence-corrected chi connectivity index (χ4v) is 1.97. The van der Waals surface area contributed by atoms with Crippen molar-refractivity contribution in [3.05, 3.63) is 84.7 Å². The Morgan fingerprint density at radius 2 is 1.65 bits per heavy atom. The summed E-state index contributed by atoms with van der Waals surface area (Å²) in [6.45, 7) is 0. The summed E-state index contributed by atoms with van der Waals surface area (Å²) < 4.78 is 18.7. The maximum Gasteiger partial charge on any atom is 0.136 e. The Hall–Kier alpha value is -2.61. The van der Waals surface area contributed by atoms with Crippen LogP contribution in [0.3, 0.4) is 0 Å². The van der Waals surface area contributed by atoms with Crippen LogP contribution in [0.1, 0.15) is 0 Å². The summed E-state index contributed by atoms with van der Waals surface area (Å²) in [4.78, 5) is 0. The Kier molecular flexibility index (Phi) is 3.46. The lowest BCUT2D eigenvalue weighted by Gasteiger charge is -2.07. The van der Waals surface area contributed by atoms with Crippen LogP contribution >= 0.6 is 0 Å². The second-order valence-electron chi connectivity index (χ2n) is 4.37. The number of ether oxygens (including phenoxy) is 1. The maximum absolute atomic E-state index is 13.1. The third kappa shape index (κ3) is 2.86. The summed E-state index contributed by atoms with van der Waals surface area (Å²) in [5, 5.41) is 0. The first-order valence-corrected chi connectivity index (χ1v) is 6.32. The molecule has 0 aliphatic heterocycles. The highest BCUT2D eigenvalue weighted by Gasteiger charge is 2.02. The molecule has 1 radical (unpaired) electrons. The van der Waals surface area contributed by atoms with E-state index in [1.807, 2.05) is 42.5 Å². The van der Waals surface area contributed by atoms with E-state index >= 15 is 0 Å². The van der Waals surface area contributed by atoms with E-state index < -0.39 is 0 Å². The minimum atomic E-state index is -0.318. The monoisotopic (exact) mass is 263 g/mol. The van der Waals surface area contributed by atoms with Crippen LogP contribution in [-0.2, 0) is 0 Å². The standard InChI is InChI=1S/C18H12FO/c19-16-9-5-11-18(13-16)20-17-10-4-8-15(12-17)14-6-2-1-3-7-14/h1-9,11-13H. The molecular weight excluding hydrogens is 251 g/mol. The Morgan fingerprint density at radius 1 is 0.800 bits per heavy atom. The minimum Gasteiger partial charge on any atom is -0.457 e. The van der Waals surface area contributed by atoms with Gasteiger partial charge in [-0.15, -0.1) is 0 Å². The smallest absolute Gasteiger partial charge is 0.136 e. The molecular formula is C18H12FO. The van der Waals surface area contributed by atoms with Crippen molar-refractivity contribution >= 4 is 0 Å². The molecule has 0 N–H and O–H groups in total. The number of benzene rings is 3. The topological polar surface area (TPSA) is 9.23 Å². The zero-order chi connectivity index (χ0) is 13.8. The lowest BCUT2D eigenvalue weighted by molar-refractivity contribution is 0.476. The lowest BCUT2D eigenvalue weighted by Crippen LogP contribution is -1.86. The van der Waals surface area contributed by atoms with Gasteiger partial charge in [0.15, 0.2) is 0 Å². The quantitative estimate of drug-likeness (QED) is 0.640. The van der Waals surface area contributed by atoms with Gasteiger partial charge < -0.3 is 4.74 Å². The summed E-state index contributed by atoms with van der Waals surface area (Å²) >= 11 is 0. The van der Waals surface area contributed by atoms with Crippen LogP contribution in [0.25, 0.3) is 11.1 Å². The summed E-state index contributed by atoms with van der Waals surface area (Å²) in [7, 11) is 0. The van der Waals surface area contributed by atoms with Crippen molar-refractivity contribution in [2.75, 3.05) is 0 Å². The van der Waals surface area contributed by atoms with Gasteiger partial charge >= 0.3 is 0 Å². The van der Waals surface area contributed by atoms with Crippen molar-refractivity contribution in [1.29, 1.82) is 0 Å². The van der Waals surface area contributed by atoms with E-state index in [1.165, 1.54) is 12.1 Å². The first kappa shape index (κ1) is 12.4. The number of halogens is 1. The molecule has 0 unspecified atom stereocenters. The van der Waals surface area contributed by atoms with Gasteiger partial charge in [-0.3, -0.25) is 0 Å². The SMILES string of the molecule is Fc1cccc(Oc2[c]ccc(-c3ccccc3)c2)c1. The van der Waals surface area contributed by atoms with Crippen molar-refractivity contribution in [1.82, 2.24) is 0 Å². The molecule has 0 fully saturated rings. The second kappa shape index (κ2) is 5.57. The van der Waals surface area contributed by atoms with Crippen molar-refractivity contribution in [3.63, 3.8) is 0 Å². The summed E-state index contributed by atoms with van der Waals surface area (Å²) in [6.07, 6.45) is 0. The summed E-state index contributed by atoms with van der Waals surface area (Å²) in [6, 6.07) is 24.7. The molecule has 0 saturated carbocycles. The molecule has 20 heavy (non-hydrogen) atoms. The molecule has 3 aromatic carbocycles. The van der Waals surface area contributed by atoms with Crippen LogP contribution < -0.4 is 4.74 Å². The fourth-order valence-electron chi connectivity index (χ4n) is 1.97. The third-order valence-corrected chi connectivity index (χ3v) is 2.91. The molecule has 0 aromatic heterocycles. The van der Waals surface area contributed by atoms with Gasteiger partial charge in [0.2, 0.25) is 0 Å². The molecule has 0 amide bonds. The van der Waals surface area contributed by atoms with Crippen LogP contribution in [0.5, 0.6) is 11.5 Å². The zero-order valence-corrected chi connectivity index (χ0v) is 10.7. The molecule has 3 rings (SSSR count). The molecule has 0 aliphatic rings. The number of rotatable bonds is 3. The first-order valence-electron chi connectivity index (χ1n) is 6.32. The molecule has 97 valence electrons. The van der Waals surface area contributed by atoms with Gasteiger partial charge in [-0.05, 0) is 35.4 Å². The lowest BCUT2D eigenvalue weighted by atomic mass is 10.1. The summed E-state index contributed by atoms with van der Waals surface area (Å²) in [5.41, 5.74) is 2.14. The number of hydrogen-bond donors (Lipinski definition) is 0. The van der Waals surface area contributed by atoms with Crippen LogP contribution in [0.4, 0.5) is 4.39 Å². The van der Waals surface area contributed by atoms with Gasteiger partial charge in [-0.25, -0.2) is 4.39 Å². The highest BCUT2D eigenvalue weighted by atomic mass is 19.1. The molecule has 0 spiro atoms. The number of hydrogen-bond acceptors (Lipinski definition) is 1. The highest BCUT2D eigenvalue weighted by Crippen LogP contribution is 2.27. The van der Waals surface area contributed by atoms with Gasteiger partial charge in [-0.2, -0.15) is 0 Å². The van der Waals surface area contributed by atoms with E-state index in [4.69, 9.17) is 4.74 Å². The van der Waals surface area contributed by atoms with Crippen LogP contribution in [-0.4, -0.2) is 0 Å². The van der Waals surface area contributed by atoms with Crippen molar-refractivity contribution in [2.45, 2.75) is 0 Å². The third-order valence-electron chi connectivity index (χ3n) is 2.91. The molecule has 0 bridgehead atoms. The van der Waals surface area contributed by atoms with Gasteiger partial charge in [-0.1, -0.05) is 42.5 Å².